The van der Waals surface area contributed by atoms with Crippen LogP contribution in [0.15, 0.2) is 35.3 Å². The summed E-state index contributed by atoms with van der Waals surface area (Å²) >= 11 is 3.12. The summed E-state index contributed by atoms with van der Waals surface area (Å²) in [6, 6.07) is 4.55. The molecule has 1 atom stereocenters. The first-order valence-electron chi connectivity index (χ1n) is 7.24. The van der Waals surface area contributed by atoms with Gasteiger partial charge in [0, 0.05) is 12.6 Å². The van der Waals surface area contributed by atoms with Gasteiger partial charge in [-0.1, -0.05) is 23.9 Å². The lowest BCUT2D eigenvalue weighted by Gasteiger charge is -2.12. The zero-order valence-corrected chi connectivity index (χ0v) is 14.0. The van der Waals surface area contributed by atoms with E-state index in [-0.39, 0.29) is 11.2 Å². The lowest BCUT2D eigenvalue weighted by Crippen LogP contribution is -2.31. The summed E-state index contributed by atoms with van der Waals surface area (Å²) in [6.45, 7) is 5.98. The van der Waals surface area contributed by atoms with E-state index in [2.05, 4.69) is 32.7 Å². The van der Waals surface area contributed by atoms with Gasteiger partial charge in [0.1, 0.15) is 0 Å². The molecule has 1 aliphatic carbocycles. The average Bonchev–Trinajstić information content (AvgIpc) is 3.04. The molecular formula is C15H18N4OS2. The molecule has 1 unspecified atom stereocenters. The number of rotatable bonds is 7. The van der Waals surface area contributed by atoms with E-state index in [4.69, 9.17) is 0 Å². The first-order valence-corrected chi connectivity index (χ1v) is 9.00. The number of carbonyl (C=O) groups is 1. The first-order chi connectivity index (χ1) is 10.7. The highest BCUT2D eigenvalue weighted by Gasteiger charge is 2.31. The van der Waals surface area contributed by atoms with Crippen LogP contribution >= 0.6 is 23.1 Å². The van der Waals surface area contributed by atoms with Crippen molar-refractivity contribution in [3.8, 4) is 10.7 Å². The maximum absolute atomic E-state index is 12.0. The van der Waals surface area contributed by atoms with Crippen LogP contribution in [0.25, 0.3) is 10.7 Å². The van der Waals surface area contributed by atoms with Gasteiger partial charge in [-0.3, -0.25) is 9.36 Å². The third-order valence-corrected chi connectivity index (χ3v) is 5.31. The van der Waals surface area contributed by atoms with Gasteiger partial charge in [0.2, 0.25) is 5.91 Å². The highest BCUT2D eigenvalue weighted by molar-refractivity contribution is 8.00. The van der Waals surface area contributed by atoms with Crippen LogP contribution < -0.4 is 5.32 Å². The van der Waals surface area contributed by atoms with Gasteiger partial charge >= 0.3 is 0 Å². The molecule has 3 rings (SSSR count). The minimum atomic E-state index is -0.210. The van der Waals surface area contributed by atoms with Gasteiger partial charge in [-0.25, -0.2) is 0 Å². The van der Waals surface area contributed by atoms with E-state index in [1.807, 2.05) is 18.4 Å². The second kappa shape index (κ2) is 6.66. The van der Waals surface area contributed by atoms with Crippen molar-refractivity contribution in [3.05, 3.63) is 30.2 Å². The van der Waals surface area contributed by atoms with E-state index in [0.717, 1.165) is 28.7 Å². The van der Waals surface area contributed by atoms with E-state index in [1.165, 1.54) is 11.8 Å². The molecule has 0 radical (unpaired) electrons. The van der Waals surface area contributed by atoms with E-state index in [0.29, 0.717) is 12.6 Å². The van der Waals surface area contributed by atoms with Crippen molar-refractivity contribution in [1.29, 1.82) is 0 Å². The smallest absolute Gasteiger partial charge is 0.233 e. The van der Waals surface area contributed by atoms with E-state index in [9.17, 15) is 4.79 Å². The van der Waals surface area contributed by atoms with Crippen molar-refractivity contribution in [3.63, 3.8) is 0 Å². The van der Waals surface area contributed by atoms with Crippen molar-refractivity contribution in [2.75, 3.05) is 6.54 Å². The van der Waals surface area contributed by atoms with Gasteiger partial charge in [-0.2, -0.15) is 0 Å². The minimum Gasteiger partial charge on any atom is -0.352 e. The predicted octanol–water partition coefficient (Wildman–Crippen LogP) is 3.12. The number of thiophene rings is 1. The Morgan fingerprint density at radius 3 is 3.09 bits per heavy atom. The number of carbonyl (C=O) groups excluding carboxylic acids is 1. The molecule has 0 aromatic carbocycles. The SMILES string of the molecule is C=CCNC(=O)C(C)Sc1nnc(-c2cccs2)n1C1CC1. The largest absolute Gasteiger partial charge is 0.352 e. The van der Waals surface area contributed by atoms with Crippen LogP contribution in [-0.2, 0) is 4.79 Å². The van der Waals surface area contributed by atoms with E-state index in [1.54, 1.807) is 17.4 Å². The van der Waals surface area contributed by atoms with Crippen LogP contribution in [0.3, 0.4) is 0 Å². The molecule has 1 saturated carbocycles. The quantitative estimate of drug-likeness (QED) is 0.624. The number of nitrogens with zero attached hydrogens (tertiary/aromatic N) is 3. The highest BCUT2D eigenvalue weighted by atomic mass is 32.2. The fourth-order valence-corrected chi connectivity index (χ4v) is 3.77. The maximum atomic E-state index is 12.0. The summed E-state index contributed by atoms with van der Waals surface area (Å²) in [5.41, 5.74) is 0. The third-order valence-electron chi connectivity index (χ3n) is 3.39. The lowest BCUT2D eigenvalue weighted by atomic mass is 10.4. The van der Waals surface area contributed by atoms with Crippen molar-refractivity contribution < 1.29 is 4.79 Å². The van der Waals surface area contributed by atoms with Gasteiger partial charge in [0.05, 0.1) is 10.1 Å². The standard InChI is InChI=1S/C15H18N4OS2/c1-3-8-16-14(20)10(2)22-15-18-17-13(12-5-4-9-21-12)19(15)11-6-7-11/h3-5,9-11H,1,6-8H2,2H3,(H,16,20). The number of hydrogen-bond acceptors (Lipinski definition) is 5. The first kappa shape index (κ1) is 15.3. The summed E-state index contributed by atoms with van der Waals surface area (Å²) in [5.74, 6) is 0.909. The molecule has 116 valence electrons. The Balaban J connectivity index is 1.79. The van der Waals surface area contributed by atoms with Gasteiger partial charge in [-0.05, 0) is 31.2 Å². The monoisotopic (exact) mass is 334 g/mol. The summed E-state index contributed by atoms with van der Waals surface area (Å²) in [6.07, 6.45) is 3.99. The topological polar surface area (TPSA) is 59.8 Å². The highest BCUT2D eigenvalue weighted by Crippen LogP contribution is 2.42. The van der Waals surface area contributed by atoms with Crippen LogP contribution in [0.4, 0.5) is 0 Å². The molecule has 1 fully saturated rings. The van der Waals surface area contributed by atoms with E-state index >= 15 is 0 Å². The lowest BCUT2D eigenvalue weighted by molar-refractivity contribution is -0.120. The molecule has 0 spiro atoms. The van der Waals surface area contributed by atoms with Crippen molar-refractivity contribution >= 4 is 29.0 Å². The zero-order chi connectivity index (χ0) is 15.5. The molecule has 0 bridgehead atoms. The molecule has 2 aromatic heterocycles. The van der Waals surface area contributed by atoms with Crippen molar-refractivity contribution in [2.45, 2.75) is 36.2 Å². The van der Waals surface area contributed by atoms with Gasteiger partial charge in [0.25, 0.3) is 0 Å². The Morgan fingerprint density at radius 2 is 2.45 bits per heavy atom. The number of thioether (sulfide) groups is 1. The van der Waals surface area contributed by atoms with Crippen molar-refractivity contribution in [2.24, 2.45) is 0 Å². The number of hydrogen-bond donors (Lipinski definition) is 1. The molecule has 1 N–H and O–H groups in total. The van der Waals surface area contributed by atoms with Crippen LogP contribution in [0, 0.1) is 0 Å². The van der Waals surface area contributed by atoms with Crippen LogP contribution in [0.2, 0.25) is 0 Å². The molecule has 2 aromatic rings. The second-order valence-corrected chi connectivity index (χ2v) is 7.43. The third kappa shape index (κ3) is 3.25. The summed E-state index contributed by atoms with van der Waals surface area (Å²) in [5, 5.41) is 14.1. The number of nitrogens with one attached hydrogen (secondary N) is 1. The van der Waals surface area contributed by atoms with E-state index < -0.39 is 0 Å². The fourth-order valence-electron chi connectivity index (χ4n) is 2.12. The second-order valence-electron chi connectivity index (χ2n) is 5.18. The molecular weight excluding hydrogens is 316 g/mol. The summed E-state index contributed by atoms with van der Waals surface area (Å²) < 4.78 is 2.19. The molecule has 0 saturated heterocycles. The number of amides is 1. The Labute approximate surface area is 137 Å². The van der Waals surface area contributed by atoms with Gasteiger partial charge < -0.3 is 5.32 Å². The molecule has 7 heteroatoms. The van der Waals surface area contributed by atoms with Crippen LogP contribution in [-0.4, -0.2) is 32.5 Å². The van der Waals surface area contributed by atoms with Gasteiger partial charge in [-0.15, -0.1) is 28.1 Å². The fraction of sp³-hybridized carbons (Fsp3) is 0.400. The van der Waals surface area contributed by atoms with Crippen LogP contribution in [0.1, 0.15) is 25.8 Å². The molecule has 0 aliphatic heterocycles. The Kier molecular flexibility index (Phi) is 4.63. The summed E-state index contributed by atoms with van der Waals surface area (Å²) in [7, 11) is 0. The van der Waals surface area contributed by atoms with Crippen LogP contribution in [0.5, 0.6) is 0 Å². The Bertz CT molecular complexity index is 661. The molecule has 1 aliphatic rings. The molecule has 2 heterocycles. The van der Waals surface area contributed by atoms with Gasteiger partial charge in [0.15, 0.2) is 11.0 Å². The summed E-state index contributed by atoms with van der Waals surface area (Å²) in [4.78, 5) is 13.1. The normalized spacial score (nSPS) is 15.5. The molecule has 22 heavy (non-hydrogen) atoms. The number of aromatic nitrogens is 3. The Morgan fingerprint density at radius 1 is 1.64 bits per heavy atom. The molecule has 5 nitrogen and oxygen atoms in total. The minimum absolute atomic E-state index is 0.00656. The zero-order valence-electron chi connectivity index (χ0n) is 12.4. The molecule has 1 amide bonds. The predicted molar refractivity (Wildman–Crippen MR) is 90.1 cm³/mol. The maximum Gasteiger partial charge on any atom is 0.233 e. The average molecular weight is 334 g/mol. The Hall–Kier alpha value is -1.60. The van der Waals surface area contributed by atoms with Crippen molar-refractivity contribution in [1.82, 2.24) is 20.1 Å².